The summed E-state index contributed by atoms with van der Waals surface area (Å²) in [4.78, 5) is 50.3. The first kappa shape index (κ1) is 22.8. The third kappa shape index (κ3) is 4.56. The Hall–Kier alpha value is -4.35. The minimum absolute atomic E-state index is 0.110. The van der Waals surface area contributed by atoms with Gasteiger partial charge in [-0.25, -0.2) is 23.3 Å². The monoisotopic (exact) mass is 479 g/mol. The van der Waals surface area contributed by atoms with Gasteiger partial charge in [-0.15, -0.1) is 0 Å². The first-order chi connectivity index (χ1) is 16.1. The molecule has 0 aliphatic carbocycles. The maximum Gasteiger partial charge on any atom is 0.338 e. The normalized spacial score (nSPS) is 12.9. The number of benzene rings is 3. The number of imide groups is 1. The van der Waals surface area contributed by atoms with Crippen molar-refractivity contribution in [3.8, 4) is 0 Å². The van der Waals surface area contributed by atoms with Gasteiger partial charge in [0.1, 0.15) is 0 Å². The van der Waals surface area contributed by atoms with Crippen molar-refractivity contribution in [2.45, 2.75) is 4.90 Å². The molecular formula is C23H17N3O7S. The van der Waals surface area contributed by atoms with Crippen LogP contribution >= 0.6 is 0 Å². The van der Waals surface area contributed by atoms with E-state index in [9.17, 15) is 27.6 Å². The largest absolute Gasteiger partial charge is 0.452 e. The fraction of sp³-hybridized carbons (Fsp3) is 0.0435. The average Bonchev–Trinajstić information content (AvgIpc) is 3.07. The van der Waals surface area contributed by atoms with Crippen LogP contribution in [0.4, 0.5) is 11.4 Å². The molecule has 4 rings (SSSR count). The number of primary sulfonamides is 1. The number of ether oxygens (including phenoxy) is 1. The number of rotatable bonds is 6. The minimum atomic E-state index is -3.85. The highest BCUT2D eigenvalue weighted by Gasteiger charge is 2.36. The standard InChI is InChI=1S/C23H17N3O7S/c24-34(31,32)17-11-7-15(8-12-17)25-20(27)13-33-23(30)14-5-9-16(10-6-14)26-21(28)18-3-1-2-4-19(18)22(26)29/h1-12H,13H2,(H,25,27)(H2,24,31,32). The van der Waals surface area contributed by atoms with Gasteiger partial charge in [0.15, 0.2) is 6.61 Å². The highest BCUT2D eigenvalue weighted by molar-refractivity contribution is 7.89. The molecule has 0 saturated heterocycles. The van der Waals surface area contributed by atoms with Crippen LogP contribution in [0, 0.1) is 0 Å². The molecule has 3 aromatic carbocycles. The van der Waals surface area contributed by atoms with E-state index in [-0.39, 0.29) is 10.5 Å². The number of nitrogens with zero attached hydrogens (tertiary/aromatic N) is 1. The molecule has 0 saturated carbocycles. The van der Waals surface area contributed by atoms with Crippen molar-refractivity contribution in [1.82, 2.24) is 0 Å². The summed E-state index contributed by atoms with van der Waals surface area (Å²) in [5.41, 5.74) is 1.32. The lowest BCUT2D eigenvalue weighted by Crippen LogP contribution is -2.29. The van der Waals surface area contributed by atoms with Crippen molar-refractivity contribution in [3.63, 3.8) is 0 Å². The molecule has 0 aromatic heterocycles. The third-order valence-corrected chi connectivity index (χ3v) is 5.89. The van der Waals surface area contributed by atoms with Crippen LogP contribution in [0.2, 0.25) is 0 Å². The van der Waals surface area contributed by atoms with Gasteiger partial charge in [-0.05, 0) is 60.7 Å². The van der Waals surface area contributed by atoms with E-state index < -0.39 is 40.3 Å². The van der Waals surface area contributed by atoms with Crippen molar-refractivity contribution >= 4 is 45.1 Å². The topological polar surface area (TPSA) is 153 Å². The number of nitrogens with two attached hydrogens (primary N) is 1. The number of hydrogen-bond donors (Lipinski definition) is 2. The number of fused-ring (bicyclic) bond motifs is 1. The number of anilines is 2. The number of sulfonamides is 1. The highest BCUT2D eigenvalue weighted by atomic mass is 32.2. The third-order valence-electron chi connectivity index (χ3n) is 4.96. The Morgan fingerprint density at radius 2 is 1.41 bits per heavy atom. The van der Waals surface area contributed by atoms with Gasteiger partial charge >= 0.3 is 5.97 Å². The van der Waals surface area contributed by atoms with Gasteiger partial charge in [0, 0.05) is 5.69 Å². The SMILES string of the molecule is NS(=O)(=O)c1ccc(NC(=O)COC(=O)c2ccc(N3C(=O)c4ccccc4C3=O)cc2)cc1. The van der Waals surface area contributed by atoms with E-state index in [2.05, 4.69) is 5.32 Å². The van der Waals surface area contributed by atoms with Crippen LogP contribution in [-0.4, -0.2) is 38.7 Å². The van der Waals surface area contributed by atoms with Gasteiger partial charge < -0.3 is 10.1 Å². The molecule has 3 amide bonds. The minimum Gasteiger partial charge on any atom is -0.452 e. The average molecular weight is 479 g/mol. The molecule has 1 aliphatic heterocycles. The summed E-state index contributed by atoms with van der Waals surface area (Å²) in [5.74, 6) is -2.33. The fourth-order valence-corrected chi connectivity index (χ4v) is 3.83. The summed E-state index contributed by atoms with van der Waals surface area (Å²) in [7, 11) is -3.85. The van der Waals surface area contributed by atoms with Crippen molar-refractivity contribution in [2.24, 2.45) is 5.14 Å². The fourth-order valence-electron chi connectivity index (χ4n) is 3.31. The second-order valence-electron chi connectivity index (χ2n) is 7.23. The summed E-state index contributed by atoms with van der Waals surface area (Å²) in [6.07, 6.45) is 0. The van der Waals surface area contributed by atoms with E-state index in [1.54, 1.807) is 24.3 Å². The maximum absolute atomic E-state index is 12.6. The molecule has 1 aliphatic rings. The van der Waals surface area contributed by atoms with Crippen LogP contribution in [0.25, 0.3) is 0 Å². The Bertz CT molecular complexity index is 1380. The molecule has 1 heterocycles. The zero-order chi connectivity index (χ0) is 24.5. The molecule has 0 unspecified atom stereocenters. The van der Waals surface area contributed by atoms with Crippen LogP contribution in [0.1, 0.15) is 31.1 Å². The lowest BCUT2D eigenvalue weighted by Gasteiger charge is -2.14. The second kappa shape index (κ2) is 8.89. The molecule has 0 atom stereocenters. The molecule has 34 heavy (non-hydrogen) atoms. The molecule has 3 aromatic rings. The number of carbonyl (C=O) groups is 4. The highest BCUT2D eigenvalue weighted by Crippen LogP contribution is 2.28. The number of carbonyl (C=O) groups excluding carboxylic acids is 4. The maximum atomic E-state index is 12.6. The molecule has 172 valence electrons. The Balaban J connectivity index is 1.35. The lowest BCUT2D eigenvalue weighted by atomic mass is 10.1. The van der Waals surface area contributed by atoms with Crippen molar-refractivity contribution in [3.05, 3.63) is 89.5 Å². The lowest BCUT2D eigenvalue weighted by molar-refractivity contribution is -0.119. The number of amides is 3. The predicted molar refractivity (Wildman–Crippen MR) is 121 cm³/mol. The van der Waals surface area contributed by atoms with Crippen LogP contribution in [-0.2, 0) is 19.6 Å². The molecule has 10 nitrogen and oxygen atoms in total. The van der Waals surface area contributed by atoms with Gasteiger partial charge in [-0.1, -0.05) is 12.1 Å². The summed E-state index contributed by atoms with van der Waals surface area (Å²) >= 11 is 0. The Morgan fingerprint density at radius 1 is 0.853 bits per heavy atom. The van der Waals surface area contributed by atoms with Crippen LogP contribution in [0.5, 0.6) is 0 Å². The van der Waals surface area contributed by atoms with E-state index in [4.69, 9.17) is 9.88 Å². The Labute approximate surface area is 194 Å². The van der Waals surface area contributed by atoms with E-state index in [0.717, 1.165) is 4.90 Å². The van der Waals surface area contributed by atoms with Gasteiger partial charge in [0.2, 0.25) is 10.0 Å². The molecular weight excluding hydrogens is 462 g/mol. The molecule has 0 bridgehead atoms. The van der Waals surface area contributed by atoms with Crippen LogP contribution in [0.15, 0.2) is 77.7 Å². The molecule has 11 heteroatoms. The molecule has 0 spiro atoms. The van der Waals surface area contributed by atoms with Crippen LogP contribution < -0.4 is 15.4 Å². The van der Waals surface area contributed by atoms with Gasteiger partial charge in [-0.3, -0.25) is 14.4 Å². The quantitative estimate of drug-likeness (QED) is 0.405. The van der Waals surface area contributed by atoms with Gasteiger partial charge in [0.25, 0.3) is 17.7 Å². The predicted octanol–water partition coefficient (Wildman–Crippen LogP) is 1.93. The summed E-state index contributed by atoms with van der Waals surface area (Å²) in [5, 5.41) is 7.47. The van der Waals surface area contributed by atoms with E-state index in [1.807, 2.05) is 0 Å². The molecule has 0 fully saturated rings. The van der Waals surface area contributed by atoms with Crippen molar-refractivity contribution in [1.29, 1.82) is 0 Å². The smallest absolute Gasteiger partial charge is 0.338 e. The molecule has 3 N–H and O–H groups in total. The first-order valence-corrected chi connectivity index (χ1v) is 11.4. The zero-order valence-electron chi connectivity index (χ0n) is 17.4. The summed E-state index contributed by atoms with van der Waals surface area (Å²) in [6.45, 7) is -0.587. The van der Waals surface area contributed by atoms with Gasteiger partial charge in [-0.2, -0.15) is 0 Å². The second-order valence-corrected chi connectivity index (χ2v) is 8.79. The van der Waals surface area contributed by atoms with E-state index in [1.165, 1.54) is 48.5 Å². The Kier molecular flexibility index (Phi) is 5.97. The van der Waals surface area contributed by atoms with E-state index >= 15 is 0 Å². The number of esters is 1. The Morgan fingerprint density at radius 3 is 1.94 bits per heavy atom. The first-order valence-electron chi connectivity index (χ1n) is 9.83. The number of nitrogens with one attached hydrogen (secondary N) is 1. The summed E-state index contributed by atoms with van der Waals surface area (Å²) in [6, 6.07) is 17.3. The molecule has 0 radical (unpaired) electrons. The van der Waals surface area contributed by atoms with Gasteiger partial charge in [0.05, 0.1) is 27.3 Å². The van der Waals surface area contributed by atoms with Crippen molar-refractivity contribution < 1.29 is 32.3 Å². The number of hydrogen-bond acceptors (Lipinski definition) is 7. The van der Waals surface area contributed by atoms with Crippen LogP contribution in [0.3, 0.4) is 0 Å². The van der Waals surface area contributed by atoms with E-state index in [0.29, 0.717) is 22.5 Å². The summed E-state index contributed by atoms with van der Waals surface area (Å²) < 4.78 is 27.5. The zero-order valence-corrected chi connectivity index (χ0v) is 18.2. The van der Waals surface area contributed by atoms with Crippen molar-refractivity contribution in [2.75, 3.05) is 16.8 Å².